The lowest BCUT2D eigenvalue weighted by atomic mass is 10.1. The number of rotatable bonds is 5. The van der Waals surface area contributed by atoms with Crippen LogP contribution in [0.25, 0.3) is 6.08 Å². The van der Waals surface area contributed by atoms with E-state index in [0.717, 1.165) is 21.8 Å². The molecule has 0 bridgehead atoms. The number of H-pyrrole nitrogens is 1. The number of aromatic nitrogens is 2. The molecule has 0 unspecified atom stereocenters. The van der Waals surface area contributed by atoms with Crippen LogP contribution in [0.5, 0.6) is 5.88 Å². The minimum atomic E-state index is -0.328. The van der Waals surface area contributed by atoms with Gasteiger partial charge < -0.3 is 20.5 Å². The molecule has 0 radical (unpaired) electrons. The van der Waals surface area contributed by atoms with Crippen molar-refractivity contribution in [3.63, 3.8) is 0 Å². The number of fused-ring (bicyclic) bond motifs is 1. The Morgan fingerprint density at radius 2 is 2.00 bits per heavy atom. The standard InChI is InChI=1S/C19H17N5O2/c25-10-17(13-4-2-1-3-5-13)23-19-22-16(18(26)24-19)9-12-6-7-14-15(8-12)21-11-20-14/h1-9,11,17,25-26H,10H2,(H2,22,23,24)/t17-/m1/s1. The van der Waals surface area contributed by atoms with Crippen LogP contribution >= 0.6 is 0 Å². The van der Waals surface area contributed by atoms with Crippen molar-refractivity contribution in [2.24, 2.45) is 9.98 Å². The molecule has 4 rings (SSSR count). The number of nitrogens with one attached hydrogen (secondary N) is 2. The fourth-order valence-electron chi connectivity index (χ4n) is 2.79. The van der Waals surface area contributed by atoms with Gasteiger partial charge in [-0.3, -0.25) is 0 Å². The molecule has 2 heterocycles. The van der Waals surface area contributed by atoms with E-state index in [2.05, 4.69) is 25.3 Å². The molecule has 0 spiro atoms. The Morgan fingerprint density at radius 1 is 1.15 bits per heavy atom. The van der Waals surface area contributed by atoms with E-state index in [4.69, 9.17) is 0 Å². The van der Waals surface area contributed by atoms with Gasteiger partial charge in [0, 0.05) is 0 Å². The second kappa shape index (κ2) is 6.81. The average Bonchev–Trinajstić information content (AvgIpc) is 3.26. The van der Waals surface area contributed by atoms with Crippen LogP contribution in [0.1, 0.15) is 17.3 Å². The maximum Gasteiger partial charge on any atom is 0.238 e. The summed E-state index contributed by atoms with van der Waals surface area (Å²) in [6, 6.07) is 14.9. The van der Waals surface area contributed by atoms with Gasteiger partial charge in [0.15, 0.2) is 0 Å². The van der Waals surface area contributed by atoms with Crippen molar-refractivity contribution in [2.75, 3.05) is 11.9 Å². The van der Waals surface area contributed by atoms with E-state index >= 15 is 0 Å². The average molecular weight is 347 g/mol. The molecule has 0 saturated carbocycles. The molecule has 1 aliphatic rings. The number of hydrogen-bond acceptors (Lipinski definition) is 6. The fraction of sp³-hybridized carbons (Fsp3) is 0.105. The van der Waals surface area contributed by atoms with E-state index in [1.54, 1.807) is 6.08 Å². The number of imidazole rings is 1. The molecule has 0 amide bonds. The summed E-state index contributed by atoms with van der Waals surface area (Å²) in [6.45, 7) is -0.100. The summed E-state index contributed by atoms with van der Waals surface area (Å²) >= 11 is 0. The first-order valence-corrected chi connectivity index (χ1v) is 8.16. The third kappa shape index (κ3) is 3.20. The van der Waals surface area contributed by atoms with Crippen LogP contribution in [-0.2, 0) is 0 Å². The summed E-state index contributed by atoms with van der Waals surface area (Å²) < 4.78 is 0. The number of anilines is 1. The molecule has 1 atom stereocenters. The van der Waals surface area contributed by atoms with E-state index in [9.17, 15) is 10.2 Å². The SMILES string of the molecule is OC[C@@H](Nc1nc(O)c(C=c2ccc3c(c2)N=CN=3)[nH]1)c1ccccc1. The Bertz CT molecular complexity index is 1070. The Hall–Kier alpha value is -3.45. The van der Waals surface area contributed by atoms with Gasteiger partial charge in [-0.1, -0.05) is 36.4 Å². The van der Waals surface area contributed by atoms with Gasteiger partial charge >= 0.3 is 0 Å². The molecule has 7 nitrogen and oxygen atoms in total. The number of hydrogen-bond donors (Lipinski definition) is 4. The zero-order chi connectivity index (χ0) is 17.9. The number of aliphatic imine (C=N–C) groups is 1. The molecule has 0 aliphatic carbocycles. The molecular formula is C19H17N5O2. The van der Waals surface area contributed by atoms with Crippen molar-refractivity contribution in [3.05, 3.63) is 70.4 Å². The largest absolute Gasteiger partial charge is 0.492 e. The molecule has 7 heteroatoms. The van der Waals surface area contributed by atoms with Crippen molar-refractivity contribution in [2.45, 2.75) is 6.04 Å². The molecule has 3 aromatic rings. The van der Waals surface area contributed by atoms with Crippen molar-refractivity contribution >= 4 is 24.1 Å². The second-order valence-corrected chi connectivity index (χ2v) is 5.88. The first kappa shape index (κ1) is 16.0. The zero-order valence-corrected chi connectivity index (χ0v) is 13.8. The molecule has 0 saturated heterocycles. The zero-order valence-electron chi connectivity index (χ0n) is 13.8. The van der Waals surface area contributed by atoms with E-state index in [1.165, 1.54) is 6.34 Å². The maximum atomic E-state index is 10.1. The van der Waals surface area contributed by atoms with E-state index in [-0.39, 0.29) is 18.5 Å². The van der Waals surface area contributed by atoms with E-state index in [0.29, 0.717) is 11.6 Å². The summed E-state index contributed by atoms with van der Waals surface area (Å²) in [5.74, 6) is 0.261. The number of aliphatic hydroxyl groups excluding tert-OH is 1. The minimum Gasteiger partial charge on any atom is -0.492 e. The normalized spacial score (nSPS) is 14.1. The van der Waals surface area contributed by atoms with Crippen LogP contribution in [-0.4, -0.2) is 33.1 Å². The summed E-state index contributed by atoms with van der Waals surface area (Å²) in [6.07, 6.45) is 3.29. The van der Waals surface area contributed by atoms with Gasteiger partial charge in [0.2, 0.25) is 11.8 Å². The van der Waals surface area contributed by atoms with Gasteiger partial charge in [-0.05, 0) is 29.0 Å². The molecule has 1 aromatic heterocycles. The van der Waals surface area contributed by atoms with Crippen molar-refractivity contribution in [1.82, 2.24) is 9.97 Å². The Morgan fingerprint density at radius 3 is 2.81 bits per heavy atom. The summed E-state index contributed by atoms with van der Waals surface area (Å²) in [7, 11) is 0. The molecule has 130 valence electrons. The van der Waals surface area contributed by atoms with Crippen LogP contribution in [0.15, 0.2) is 58.5 Å². The highest BCUT2D eigenvalue weighted by atomic mass is 16.3. The van der Waals surface area contributed by atoms with Crippen LogP contribution in [0.3, 0.4) is 0 Å². The lowest BCUT2D eigenvalue weighted by Gasteiger charge is -2.15. The first-order valence-electron chi connectivity index (χ1n) is 8.16. The van der Waals surface area contributed by atoms with Crippen molar-refractivity contribution < 1.29 is 10.2 Å². The van der Waals surface area contributed by atoms with Crippen molar-refractivity contribution in [3.8, 4) is 5.88 Å². The molecular weight excluding hydrogens is 330 g/mol. The Balaban J connectivity index is 1.61. The fourth-order valence-corrected chi connectivity index (χ4v) is 2.79. The molecule has 4 N–H and O–H groups in total. The molecule has 2 aromatic carbocycles. The maximum absolute atomic E-state index is 10.1. The van der Waals surface area contributed by atoms with Gasteiger partial charge in [0.1, 0.15) is 12.0 Å². The third-order valence-corrected chi connectivity index (χ3v) is 4.11. The quantitative estimate of drug-likeness (QED) is 0.559. The van der Waals surface area contributed by atoms with Crippen LogP contribution in [0.2, 0.25) is 0 Å². The predicted molar refractivity (Wildman–Crippen MR) is 99.1 cm³/mol. The lowest BCUT2D eigenvalue weighted by molar-refractivity contribution is 0.276. The Kier molecular flexibility index (Phi) is 4.20. The number of aromatic hydroxyl groups is 1. The summed E-state index contributed by atoms with van der Waals surface area (Å²) in [5, 5.41) is 24.6. The predicted octanol–water partition coefficient (Wildman–Crippen LogP) is 1.38. The van der Waals surface area contributed by atoms with Gasteiger partial charge in [-0.2, -0.15) is 4.98 Å². The summed E-state index contributed by atoms with van der Waals surface area (Å²) in [4.78, 5) is 15.4. The van der Waals surface area contributed by atoms with Gasteiger partial charge in [-0.25, -0.2) is 9.98 Å². The van der Waals surface area contributed by atoms with Gasteiger partial charge in [0.25, 0.3) is 0 Å². The number of nitrogens with zero attached hydrogens (tertiary/aromatic N) is 3. The van der Waals surface area contributed by atoms with Gasteiger partial charge in [-0.15, -0.1) is 0 Å². The lowest BCUT2D eigenvalue weighted by Crippen LogP contribution is -2.15. The molecule has 26 heavy (non-hydrogen) atoms. The number of aliphatic hydroxyl groups is 1. The summed E-state index contributed by atoms with van der Waals surface area (Å²) in [5.41, 5.74) is 2.19. The van der Waals surface area contributed by atoms with Crippen LogP contribution < -0.4 is 15.9 Å². The third-order valence-electron chi connectivity index (χ3n) is 4.11. The Labute approximate surface area is 149 Å². The monoisotopic (exact) mass is 347 g/mol. The smallest absolute Gasteiger partial charge is 0.238 e. The van der Waals surface area contributed by atoms with E-state index < -0.39 is 0 Å². The van der Waals surface area contributed by atoms with E-state index in [1.807, 2.05) is 48.5 Å². The van der Waals surface area contributed by atoms with Crippen LogP contribution in [0.4, 0.5) is 11.6 Å². The van der Waals surface area contributed by atoms with Crippen LogP contribution in [0, 0.1) is 0 Å². The number of aromatic amines is 1. The highest BCUT2D eigenvalue weighted by molar-refractivity contribution is 5.67. The van der Waals surface area contributed by atoms with Crippen molar-refractivity contribution in [1.29, 1.82) is 0 Å². The van der Waals surface area contributed by atoms with Gasteiger partial charge in [0.05, 0.1) is 23.7 Å². The second-order valence-electron chi connectivity index (χ2n) is 5.88. The highest BCUT2D eigenvalue weighted by Crippen LogP contribution is 2.22. The minimum absolute atomic E-state index is 0.100. The topological polar surface area (TPSA) is 106 Å². The number of benzene rings is 2. The molecule has 1 aliphatic heterocycles. The molecule has 0 fully saturated rings. The first-order chi connectivity index (χ1) is 12.7. The highest BCUT2D eigenvalue weighted by Gasteiger charge is 2.13.